The molecular formula is C17H18O3. The molecule has 104 valence electrons. The summed E-state index contributed by atoms with van der Waals surface area (Å²) in [7, 11) is 0. The molecule has 1 atom stereocenters. The minimum atomic E-state index is -0.288. The maximum atomic E-state index is 11.9. The van der Waals surface area contributed by atoms with Gasteiger partial charge < -0.3 is 4.74 Å². The Morgan fingerprint density at radius 2 is 1.90 bits per heavy atom. The number of ketones is 1. The van der Waals surface area contributed by atoms with Crippen molar-refractivity contribution in [2.24, 2.45) is 0 Å². The van der Waals surface area contributed by atoms with Crippen LogP contribution in [-0.4, -0.2) is 11.8 Å². The number of esters is 1. The summed E-state index contributed by atoms with van der Waals surface area (Å²) >= 11 is 0. The molecule has 0 saturated carbocycles. The van der Waals surface area contributed by atoms with E-state index < -0.39 is 0 Å². The summed E-state index contributed by atoms with van der Waals surface area (Å²) < 4.78 is 5.19. The molecule has 0 unspecified atom stereocenters. The highest BCUT2D eigenvalue weighted by Gasteiger charge is 2.35. The third-order valence-electron chi connectivity index (χ3n) is 4.19. The molecule has 0 amide bonds. The van der Waals surface area contributed by atoms with E-state index in [4.69, 9.17) is 4.74 Å². The van der Waals surface area contributed by atoms with Crippen LogP contribution in [0.3, 0.4) is 0 Å². The molecule has 2 aliphatic rings. The quantitative estimate of drug-likeness (QED) is 0.774. The first-order valence-corrected chi connectivity index (χ1v) is 7.24. The third kappa shape index (κ3) is 2.28. The molecule has 1 aliphatic carbocycles. The van der Waals surface area contributed by atoms with Crippen LogP contribution in [0, 0.1) is 0 Å². The fourth-order valence-electron chi connectivity index (χ4n) is 3.05. The Kier molecular flexibility index (Phi) is 3.43. The van der Waals surface area contributed by atoms with Gasteiger partial charge in [-0.1, -0.05) is 31.2 Å². The predicted octanol–water partition coefficient (Wildman–Crippen LogP) is 3.29. The van der Waals surface area contributed by atoms with Crippen molar-refractivity contribution in [3.8, 4) is 0 Å². The van der Waals surface area contributed by atoms with E-state index in [1.165, 1.54) is 5.56 Å². The Labute approximate surface area is 118 Å². The summed E-state index contributed by atoms with van der Waals surface area (Å²) in [5, 5.41) is 0. The normalized spacial score (nSPS) is 22.6. The van der Waals surface area contributed by atoms with Gasteiger partial charge in [0.1, 0.15) is 0 Å². The van der Waals surface area contributed by atoms with Crippen LogP contribution in [0.1, 0.15) is 49.7 Å². The molecule has 0 bridgehead atoms. The standard InChI is InChI=1S/C17H18O3/c1-2-11-6-8-12(9-7-11)14-10-16(19)20-17-13(14)4-3-5-15(17)18/h6-9,14H,2-5,10H2,1H3/t14-/m1/s1. The Bertz CT molecular complexity index is 581. The van der Waals surface area contributed by atoms with Gasteiger partial charge in [-0.2, -0.15) is 0 Å². The van der Waals surface area contributed by atoms with Gasteiger partial charge in [0.05, 0.1) is 6.42 Å². The lowest BCUT2D eigenvalue weighted by Gasteiger charge is -2.30. The van der Waals surface area contributed by atoms with E-state index in [1.807, 2.05) is 0 Å². The zero-order chi connectivity index (χ0) is 14.1. The van der Waals surface area contributed by atoms with E-state index in [1.54, 1.807) is 0 Å². The monoisotopic (exact) mass is 270 g/mol. The molecule has 20 heavy (non-hydrogen) atoms. The van der Waals surface area contributed by atoms with Crippen LogP contribution < -0.4 is 0 Å². The molecule has 1 heterocycles. The zero-order valence-corrected chi connectivity index (χ0v) is 11.6. The van der Waals surface area contributed by atoms with Gasteiger partial charge >= 0.3 is 5.97 Å². The van der Waals surface area contributed by atoms with E-state index in [0.29, 0.717) is 18.6 Å². The van der Waals surface area contributed by atoms with E-state index in [0.717, 1.165) is 30.4 Å². The van der Waals surface area contributed by atoms with Crippen LogP contribution in [-0.2, 0) is 20.7 Å². The number of aryl methyl sites for hydroxylation is 1. The molecule has 1 aromatic rings. The topological polar surface area (TPSA) is 43.4 Å². The second kappa shape index (κ2) is 5.23. The molecule has 0 aromatic heterocycles. The minimum absolute atomic E-state index is 0.0152. The molecule has 1 aromatic carbocycles. The summed E-state index contributed by atoms with van der Waals surface area (Å²) in [6, 6.07) is 8.35. The lowest BCUT2D eigenvalue weighted by molar-refractivity contribution is -0.144. The molecular weight excluding hydrogens is 252 g/mol. The Morgan fingerprint density at radius 1 is 1.15 bits per heavy atom. The fraction of sp³-hybridized carbons (Fsp3) is 0.412. The smallest absolute Gasteiger partial charge is 0.312 e. The van der Waals surface area contributed by atoms with Gasteiger partial charge in [-0.25, -0.2) is 0 Å². The van der Waals surface area contributed by atoms with Crippen molar-refractivity contribution in [2.45, 2.75) is 44.9 Å². The van der Waals surface area contributed by atoms with Gasteiger partial charge in [0.25, 0.3) is 0 Å². The van der Waals surface area contributed by atoms with Gasteiger partial charge in [0, 0.05) is 12.3 Å². The Morgan fingerprint density at radius 3 is 2.60 bits per heavy atom. The van der Waals surface area contributed by atoms with Crippen LogP contribution >= 0.6 is 0 Å². The second-order valence-electron chi connectivity index (χ2n) is 5.46. The van der Waals surface area contributed by atoms with Crippen molar-refractivity contribution in [3.05, 3.63) is 46.7 Å². The first-order chi connectivity index (χ1) is 9.69. The van der Waals surface area contributed by atoms with Crippen LogP contribution in [0.4, 0.5) is 0 Å². The van der Waals surface area contributed by atoms with Gasteiger partial charge in [-0.05, 0) is 36.0 Å². The summed E-state index contributed by atoms with van der Waals surface area (Å²) in [6.07, 6.45) is 3.55. The first kappa shape index (κ1) is 13.1. The molecule has 3 heteroatoms. The molecule has 0 saturated heterocycles. The number of allylic oxidation sites excluding steroid dienone is 2. The molecule has 0 spiro atoms. The summed E-state index contributed by atoms with van der Waals surface area (Å²) in [5.74, 6) is 0.0384. The maximum Gasteiger partial charge on any atom is 0.312 e. The minimum Gasteiger partial charge on any atom is -0.423 e. The maximum absolute atomic E-state index is 11.9. The van der Waals surface area contributed by atoms with Crippen LogP contribution in [0.2, 0.25) is 0 Å². The highest BCUT2D eigenvalue weighted by molar-refractivity contribution is 5.98. The van der Waals surface area contributed by atoms with Crippen LogP contribution in [0.15, 0.2) is 35.6 Å². The molecule has 3 rings (SSSR count). The number of carbonyl (C=O) groups is 2. The molecule has 1 aliphatic heterocycles. The van der Waals surface area contributed by atoms with Crippen LogP contribution in [0.25, 0.3) is 0 Å². The van der Waals surface area contributed by atoms with E-state index in [9.17, 15) is 9.59 Å². The van der Waals surface area contributed by atoms with Crippen molar-refractivity contribution in [2.75, 3.05) is 0 Å². The Balaban J connectivity index is 2.00. The van der Waals surface area contributed by atoms with E-state index in [-0.39, 0.29) is 17.7 Å². The van der Waals surface area contributed by atoms with Gasteiger partial charge in [-0.3, -0.25) is 9.59 Å². The van der Waals surface area contributed by atoms with E-state index in [2.05, 4.69) is 31.2 Å². The van der Waals surface area contributed by atoms with Crippen molar-refractivity contribution in [1.29, 1.82) is 0 Å². The van der Waals surface area contributed by atoms with E-state index >= 15 is 0 Å². The first-order valence-electron chi connectivity index (χ1n) is 7.24. The fourth-order valence-corrected chi connectivity index (χ4v) is 3.05. The number of rotatable bonds is 2. The molecule has 0 N–H and O–H groups in total. The van der Waals surface area contributed by atoms with Gasteiger partial charge in [-0.15, -0.1) is 0 Å². The summed E-state index contributed by atoms with van der Waals surface area (Å²) in [5.41, 5.74) is 3.41. The van der Waals surface area contributed by atoms with Gasteiger partial charge in [0.2, 0.25) is 0 Å². The molecule has 0 fully saturated rings. The van der Waals surface area contributed by atoms with Crippen molar-refractivity contribution >= 4 is 11.8 Å². The van der Waals surface area contributed by atoms with Gasteiger partial charge in [0.15, 0.2) is 11.5 Å². The SMILES string of the molecule is CCc1ccc([C@H]2CC(=O)OC3=C2CCCC3=O)cc1. The molecule has 3 nitrogen and oxygen atoms in total. The summed E-state index contributed by atoms with van der Waals surface area (Å²) in [4.78, 5) is 23.7. The Hall–Kier alpha value is -1.90. The number of hydrogen-bond acceptors (Lipinski definition) is 3. The number of carbonyl (C=O) groups excluding carboxylic acids is 2. The summed E-state index contributed by atoms with van der Waals surface area (Å²) in [6.45, 7) is 2.12. The lowest BCUT2D eigenvalue weighted by atomic mass is 9.80. The van der Waals surface area contributed by atoms with Crippen molar-refractivity contribution in [1.82, 2.24) is 0 Å². The predicted molar refractivity (Wildman–Crippen MR) is 75.2 cm³/mol. The average molecular weight is 270 g/mol. The zero-order valence-electron chi connectivity index (χ0n) is 11.6. The van der Waals surface area contributed by atoms with Crippen molar-refractivity contribution < 1.29 is 14.3 Å². The highest BCUT2D eigenvalue weighted by Crippen LogP contribution is 2.40. The highest BCUT2D eigenvalue weighted by atomic mass is 16.5. The second-order valence-corrected chi connectivity index (χ2v) is 5.46. The third-order valence-corrected chi connectivity index (χ3v) is 4.19. The average Bonchev–Trinajstić information content (AvgIpc) is 2.48. The number of hydrogen-bond donors (Lipinski definition) is 0. The van der Waals surface area contributed by atoms with Crippen molar-refractivity contribution in [3.63, 3.8) is 0 Å². The molecule has 0 radical (unpaired) electrons. The number of Topliss-reactive ketones (excluding diaryl/α,β-unsaturated/α-hetero) is 1. The number of ether oxygens (including phenoxy) is 1. The van der Waals surface area contributed by atoms with Crippen LogP contribution in [0.5, 0.6) is 0 Å². The largest absolute Gasteiger partial charge is 0.423 e. The number of benzene rings is 1. The lowest BCUT2D eigenvalue weighted by Crippen LogP contribution is -2.27.